The smallest absolute Gasteiger partial charge is 0.0568 e. The van der Waals surface area contributed by atoms with Crippen molar-refractivity contribution in [3.63, 3.8) is 0 Å². The van der Waals surface area contributed by atoms with Gasteiger partial charge in [0, 0.05) is 0 Å². The molecule has 29 heavy (non-hydrogen) atoms. The summed E-state index contributed by atoms with van der Waals surface area (Å²) in [6, 6.07) is 0. The lowest BCUT2D eigenvalue weighted by molar-refractivity contribution is -0.0773. The molecular weight excluding hydrogens is 352 g/mol. The molecule has 3 fully saturated rings. The van der Waals surface area contributed by atoms with E-state index in [1.807, 2.05) is 5.57 Å². The third kappa shape index (κ3) is 3.48. The average Bonchev–Trinajstić information content (AvgIpc) is 3.02. The number of aliphatic hydroxyl groups is 1. The topological polar surface area (TPSA) is 20.2 Å². The van der Waals surface area contributed by atoms with Crippen LogP contribution >= 0.6 is 0 Å². The molecule has 3 saturated carbocycles. The highest BCUT2D eigenvalue weighted by Gasteiger charge is 2.59. The Balaban J connectivity index is 1.54. The van der Waals surface area contributed by atoms with Crippen LogP contribution in [0.3, 0.4) is 0 Å². The van der Waals surface area contributed by atoms with Crippen molar-refractivity contribution < 1.29 is 5.11 Å². The first kappa shape index (κ1) is 21.7. The Morgan fingerprint density at radius 2 is 1.79 bits per heavy atom. The lowest BCUT2D eigenvalue weighted by atomic mass is 9.46. The van der Waals surface area contributed by atoms with Gasteiger partial charge in [-0.1, -0.05) is 51.0 Å². The molecule has 9 atom stereocenters. The number of aliphatic hydroxyl groups excluding tert-OH is 1. The molecule has 4 aliphatic rings. The van der Waals surface area contributed by atoms with Crippen LogP contribution in [0.15, 0.2) is 23.3 Å². The molecular formula is C28H46O. The van der Waals surface area contributed by atoms with E-state index in [0.29, 0.717) is 22.7 Å². The van der Waals surface area contributed by atoms with E-state index in [-0.39, 0.29) is 6.10 Å². The van der Waals surface area contributed by atoms with Crippen molar-refractivity contribution in [2.75, 3.05) is 0 Å². The standard InChI is InChI=1S/C28H46O/c1-18(2)8-7-9-19(3)22-12-13-24-21-10-11-23-20(4)26(29)15-17-28(23,6)25(21)14-16-27(22,24)5/h8,10,19-20,22-26,29H,7,9,11-17H2,1-6H3/t19-,20+,22-,23?,24+,25+,26+,27-,28+/m1/s1. The Morgan fingerprint density at radius 3 is 2.52 bits per heavy atom. The molecule has 1 N–H and O–H groups in total. The zero-order chi connectivity index (χ0) is 21.0. The molecule has 0 bridgehead atoms. The molecule has 0 aliphatic heterocycles. The predicted molar refractivity (Wildman–Crippen MR) is 124 cm³/mol. The average molecular weight is 399 g/mol. The predicted octanol–water partition coefficient (Wildman–Crippen LogP) is 7.55. The fourth-order valence-electron chi connectivity index (χ4n) is 8.76. The second kappa shape index (κ2) is 7.85. The van der Waals surface area contributed by atoms with Gasteiger partial charge in [0.05, 0.1) is 6.10 Å². The minimum absolute atomic E-state index is 0.0746. The summed E-state index contributed by atoms with van der Waals surface area (Å²) in [5.41, 5.74) is 4.28. The van der Waals surface area contributed by atoms with Crippen LogP contribution in [0.25, 0.3) is 0 Å². The second-order valence-corrected chi connectivity index (χ2v) is 12.2. The lowest BCUT2D eigenvalue weighted by Crippen LogP contribution is -2.52. The van der Waals surface area contributed by atoms with Crippen LogP contribution in [0.4, 0.5) is 0 Å². The van der Waals surface area contributed by atoms with Gasteiger partial charge in [-0.2, -0.15) is 0 Å². The maximum Gasteiger partial charge on any atom is 0.0568 e. The maximum absolute atomic E-state index is 10.5. The van der Waals surface area contributed by atoms with Gasteiger partial charge in [-0.05, 0) is 118 Å². The number of allylic oxidation sites excluding steroid dienone is 4. The summed E-state index contributed by atoms with van der Waals surface area (Å²) in [5.74, 6) is 4.51. The van der Waals surface area contributed by atoms with E-state index in [4.69, 9.17) is 0 Å². The van der Waals surface area contributed by atoms with Gasteiger partial charge in [0.15, 0.2) is 0 Å². The van der Waals surface area contributed by atoms with Crippen LogP contribution in [-0.2, 0) is 0 Å². The van der Waals surface area contributed by atoms with Gasteiger partial charge in [-0.25, -0.2) is 0 Å². The fraction of sp³-hybridized carbons (Fsp3) is 0.857. The molecule has 0 aromatic heterocycles. The Morgan fingerprint density at radius 1 is 1.10 bits per heavy atom. The third-order valence-electron chi connectivity index (χ3n) is 10.5. The Bertz CT molecular complexity index is 670. The van der Waals surface area contributed by atoms with E-state index >= 15 is 0 Å². The Kier molecular flexibility index (Phi) is 5.86. The lowest BCUT2D eigenvalue weighted by Gasteiger charge is -2.59. The molecule has 4 aliphatic carbocycles. The molecule has 0 radical (unpaired) electrons. The SMILES string of the molecule is CC(C)=CCC[C@@H](C)[C@H]1CC[C@H]2C3=CCC4[C@H](C)[C@@H](O)CC[C@]4(C)[C@H]3CC[C@]12C. The fourth-order valence-corrected chi connectivity index (χ4v) is 8.76. The van der Waals surface area contributed by atoms with Crippen molar-refractivity contribution in [1.82, 2.24) is 0 Å². The summed E-state index contributed by atoms with van der Waals surface area (Å²) >= 11 is 0. The van der Waals surface area contributed by atoms with Gasteiger partial charge in [0.1, 0.15) is 0 Å². The van der Waals surface area contributed by atoms with E-state index in [1.54, 1.807) is 0 Å². The summed E-state index contributed by atoms with van der Waals surface area (Å²) in [6.07, 6.45) is 16.8. The van der Waals surface area contributed by atoms with Gasteiger partial charge in [0.25, 0.3) is 0 Å². The quantitative estimate of drug-likeness (QED) is 0.484. The van der Waals surface area contributed by atoms with Gasteiger partial charge in [0.2, 0.25) is 0 Å². The number of hydrogen-bond donors (Lipinski definition) is 1. The zero-order valence-electron chi connectivity index (χ0n) is 20.0. The zero-order valence-corrected chi connectivity index (χ0v) is 20.0. The minimum Gasteiger partial charge on any atom is -0.393 e. The molecule has 164 valence electrons. The normalized spacial score (nSPS) is 47.5. The van der Waals surface area contributed by atoms with E-state index in [9.17, 15) is 5.11 Å². The van der Waals surface area contributed by atoms with Crippen molar-refractivity contribution in [3.8, 4) is 0 Å². The molecule has 0 saturated heterocycles. The van der Waals surface area contributed by atoms with Crippen molar-refractivity contribution >= 4 is 0 Å². The van der Waals surface area contributed by atoms with Crippen LogP contribution in [-0.4, -0.2) is 11.2 Å². The largest absolute Gasteiger partial charge is 0.393 e. The van der Waals surface area contributed by atoms with Crippen LogP contribution in [0, 0.1) is 46.3 Å². The minimum atomic E-state index is -0.0746. The second-order valence-electron chi connectivity index (χ2n) is 12.2. The Labute approximate surface area is 180 Å². The molecule has 1 unspecified atom stereocenters. The van der Waals surface area contributed by atoms with Crippen LogP contribution in [0.5, 0.6) is 0 Å². The van der Waals surface area contributed by atoms with Crippen LogP contribution in [0.1, 0.15) is 99.3 Å². The molecule has 0 aromatic carbocycles. The van der Waals surface area contributed by atoms with Gasteiger partial charge >= 0.3 is 0 Å². The summed E-state index contributed by atoms with van der Waals surface area (Å²) in [7, 11) is 0. The summed E-state index contributed by atoms with van der Waals surface area (Å²) in [6.45, 7) is 14.6. The molecule has 1 heteroatoms. The summed E-state index contributed by atoms with van der Waals surface area (Å²) < 4.78 is 0. The first-order chi connectivity index (χ1) is 13.7. The number of fused-ring (bicyclic) bond motifs is 5. The Hall–Kier alpha value is -0.560. The molecule has 0 aromatic rings. The molecule has 0 amide bonds. The van der Waals surface area contributed by atoms with Crippen molar-refractivity contribution in [2.45, 2.75) is 105 Å². The van der Waals surface area contributed by atoms with Gasteiger partial charge < -0.3 is 5.11 Å². The van der Waals surface area contributed by atoms with Crippen LogP contribution in [0.2, 0.25) is 0 Å². The summed E-state index contributed by atoms with van der Waals surface area (Å²) in [4.78, 5) is 0. The van der Waals surface area contributed by atoms with Crippen molar-refractivity contribution in [3.05, 3.63) is 23.3 Å². The first-order valence-corrected chi connectivity index (χ1v) is 12.7. The highest BCUT2D eigenvalue weighted by Crippen LogP contribution is 2.67. The number of rotatable bonds is 4. The third-order valence-corrected chi connectivity index (χ3v) is 10.5. The van der Waals surface area contributed by atoms with E-state index in [2.05, 4.69) is 53.7 Å². The van der Waals surface area contributed by atoms with E-state index in [1.165, 1.54) is 56.9 Å². The van der Waals surface area contributed by atoms with Crippen molar-refractivity contribution in [1.29, 1.82) is 0 Å². The van der Waals surface area contributed by atoms with Crippen LogP contribution < -0.4 is 0 Å². The molecule has 1 nitrogen and oxygen atoms in total. The molecule has 4 rings (SSSR count). The monoisotopic (exact) mass is 398 g/mol. The summed E-state index contributed by atoms with van der Waals surface area (Å²) in [5, 5.41) is 10.5. The number of hydrogen-bond acceptors (Lipinski definition) is 1. The maximum atomic E-state index is 10.5. The van der Waals surface area contributed by atoms with Crippen molar-refractivity contribution in [2.24, 2.45) is 46.3 Å². The first-order valence-electron chi connectivity index (χ1n) is 12.7. The van der Waals surface area contributed by atoms with Gasteiger partial charge in [-0.3, -0.25) is 0 Å². The van der Waals surface area contributed by atoms with E-state index < -0.39 is 0 Å². The van der Waals surface area contributed by atoms with Gasteiger partial charge in [-0.15, -0.1) is 0 Å². The molecule has 0 heterocycles. The highest BCUT2D eigenvalue weighted by molar-refractivity contribution is 5.28. The van der Waals surface area contributed by atoms with E-state index in [0.717, 1.165) is 30.1 Å². The molecule has 0 spiro atoms. The highest BCUT2D eigenvalue weighted by atomic mass is 16.3.